The molecule has 6 nitrogen and oxygen atoms in total. The van der Waals surface area contributed by atoms with Gasteiger partial charge in [0.25, 0.3) is 5.91 Å². The smallest absolute Gasteiger partial charge is 0.274 e. The number of rotatable bonds is 5. The summed E-state index contributed by atoms with van der Waals surface area (Å²) >= 11 is 0. The number of ether oxygens (including phenoxy) is 1. The number of aryl methyl sites for hydroxylation is 1. The minimum Gasteiger partial charge on any atom is -0.378 e. The second-order valence-corrected chi connectivity index (χ2v) is 6.84. The van der Waals surface area contributed by atoms with Crippen molar-refractivity contribution in [3.05, 3.63) is 17.5 Å². The molecule has 3 heterocycles. The summed E-state index contributed by atoms with van der Waals surface area (Å²) in [6.07, 6.45) is 5.85. The first-order valence-electron chi connectivity index (χ1n) is 8.76. The van der Waals surface area contributed by atoms with Crippen molar-refractivity contribution in [2.24, 2.45) is 0 Å². The van der Waals surface area contributed by atoms with Crippen LogP contribution in [0.2, 0.25) is 0 Å². The van der Waals surface area contributed by atoms with E-state index in [9.17, 15) is 4.79 Å². The van der Waals surface area contributed by atoms with Crippen molar-refractivity contribution < 1.29 is 9.53 Å². The molecule has 0 aliphatic carbocycles. The molecule has 2 aliphatic heterocycles. The minimum absolute atomic E-state index is 0.0283. The average molecular weight is 320 g/mol. The van der Waals surface area contributed by atoms with Crippen LogP contribution in [0.25, 0.3) is 0 Å². The maximum Gasteiger partial charge on any atom is 0.274 e. The summed E-state index contributed by atoms with van der Waals surface area (Å²) < 4.78 is 7.63. The van der Waals surface area contributed by atoms with E-state index in [0.717, 1.165) is 57.7 Å². The van der Waals surface area contributed by atoms with Gasteiger partial charge >= 0.3 is 0 Å². The van der Waals surface area contributed by atoms with Gasteiger partial charge in [0.2, 0.25) is 0 Å². The molecule has 1 atom stereocenters. The summed E-state index contributed by atoms with van der Waals surface area (Å²) in [5.41, 5.74) is 1.72. The first-order valence-corrected chi connectivity index (χ1v) is 8.76. The van der Waals surface area contributed by atoms with E-state index in [-0.39, 0.29) is 5.91 Å². The fraction of sp³-hybridized carbons (Fsp3) is 0.765. The van der Waals surface area contributed by atoms with E-state index in [1.807, 2.05) is 17.8 Å². The van der Waals surface area contributed by atoms with Crippen LogP contribution in [0.1, 0.15) is 48.3 Å². The van der Waals surface area contributed by atoms with Gasteiger partial charge < -0.3 is 14.5 Å². The van der Waals surface area contributed by atoms with Crippen LogP contribution in [0.4, 0.5) is 0 Å². The van der Waals surface area contributed by atoms with E-state index in [1.165, 1.54) is 12.8 Å². The number of fused-ring (bicyclic) bond motifs is 1. The van der Waals surface area contributed by atoms with Crippen molar-refractivity contribution in [2.75, 3.05) is 33.8 Å². The molecule has 1 saturated heterocycles. The summed E-state index contributed by atoms with van der Waals surface area (Å²) in [5, 5.41) is 4.53. The zero-order valence-electron chi connectivity index (χ0n) is 14.3. The number of aromatic nitrogens is 2. The van der Waals surface area contributed by atoms with Gasteiger partial charge in [0, 0.05) is 39.8 Å². The molecule has 2 aliphatic rings. The van der Waals surface area contributed by atoms with Crippen LogP contribution in [0.3, 0.4) is 0 Å². The molecule has 23 heavy (non-hydrogen) atoms. The fourth-order valence-electron chi connectivity index (χ4n) is 3.45. The highest BCUT2D eigenvalue weighted by atomic mass is 16.5. The zero-order chi connectivity index (χ0) is 16.2. The molecule has 0 unspecified atom stereocenters. The highest BCUT2D eigenvalue weighted by Gasteiger charge is 2.21. The molecule has 1 fully saturated rings. The molecule has 0 N–H and O–H groups in total. The van der Waals surface area contributed by atoms with Gasteiger partial charge in [0.05, 0.1) is 11.8 Å². The van der Waals surface area contributed by atoms with Gasteiger partial charge in [-0.2, -0.15) is 5.10 Å². The molecule has 1 amide bonds. The lowest BCUT2D eigenvalue weighted by Gasteiger charge is -2.17. The summed E-state index contributed by atoms with van der Waals surface area (Å²) in [6, 6.07) is 1.96. The van der Waals surface area contributed by atoms with Crippen LogP contribution in [-0.2, 0) is 17.8 Å². The molecule has 3 rings (SSSR count). The predicted molar refractivity (Wildman–Crippen MR) is 88.3 cm³/mol. The number of nitrogens with zero attached hydrogens (tertiary/aromatic N) is 4. The fourth-order valence-corrected chi connectivity index (χ4v) is 3.45. The summed E-state index contributed by atoms with van der Waals surface area (Å²) in [7, 11) is 3.98. The lowest BCUT2D eigenvalue weighted by molar-refractivity contribution is 0.0757. The highest BCUT2D eigenvalue weighted by Crippen LogP contribution is 2.17. The van der Waals surface area contributed by atoms with E-state index in [2.05, 4.69) is 17.0 Å². The third kappa shape index (κ3) is 4.12. The Morgan fingerprint density at radius 3 is 3.09 bits per heavy atom. The highest BCUT2D eigenvalue weighted by molar-refractivity contribution is 5.92. The van der Waals surface area contributed by atoms with Crippen LogP contribution in [0.5, 0.6) is 0 Å². The van der Waals surface area contributed by atoms with Crippen LogP contribution < -0.4 is 0 Å². The Balaban J connectivity index is 1.53. The standard InChI is InChI=1S/C17H28N4O2/c1-19-8-5-10-21-14(13-19)12-16(18-21)17(22)20(2)9-3-6-15-7-4-11-23-15/h12,15H,3-11,13H2,1-2H3/t15-/m1/s1. The topological polar surface area (TPSA) is 50.6 Å². The maximum absolute atomic E-state index is 12.6. The largest absolute Gasteiger partial charge is 0.378 e. The van der Waals surface area contributed by atoms with E-state index in [4.69, 9.17) is 4.74 Å². The normalized spacial score (nSPS) is 21.9. The Hall–Kier alpha value is -1.40. The van der Waals surface area contributed by atoms with Crippen molar-refractivity contribution in [1.29, 1.82) is 0 Å². The van der Waals surface area contributed by atoms with Crippen molar-refractivity contribution in [1.82, 2.24) is 19.6 Å². The van der Waals surface area contributed by atoms with Crippen LogP contribution >= 0.6 is 0 Å². The molecule has 1 aromatic heterocycles. The third-order valence-corrected chi connectivity index (χ3v) is 4.81. The van der Waals surface area contributed by atoms with Crippen LogP contribution in [-0.4, -0.2) is 65.4 Å². The molecule has 0 aromatic carbocycles. The van der Waals surface area contributed by atoms with Gasteiger partial charge in [-0.15, -0.1) is 0 Å². The zero-order valence-corrected chi connectivity index (χ0v) is 14.3. The molecular formula is C17H28N4O2. The SMILES string of the molecule is CN1CCCn2nc(C(=O)N(C)CCC[C@@H]3CCCO3)cc2C1. The second kappa shape index (κ2) is 7.45. The third-order valence-electron chi connectivity index (χ3n) is 4.81. The number of carbonyl (C=O) groups excluding carboxylic acids is 1. The van der Waals surface area contributed by atoms with E-state index < -0.39 is 0 Å². The summed E-state index contributed by atoms with van der Waals surface area (Å²) in [5.74, 6) is 0.0283. The molecule has 128 valence electrons. The molecule has 0 radical (unpaired) electrons. The van der Waals surface area contributed by atoms with E-state index in [1.54, 1.807) is 4.90 Å². The number of amides is 1. The lowest BCUT2D eigenvalue weighted by Crippen LogP contribution is -2.28. The van der Waals surface area contributed by atoms with E-state index in [0.29, 0.717) is 11.8 Å². The summed E-state index contributed by atoms with van der Waals surface area (Å²) in [4.78, 5) is 16.6. The van der Waals surface area contributed by atoms with Gasteiger partial charge in [-0.1, -0.05) is 0 Å². The molecular weight excluding hydrogens is 292 g/mol. The van der Waals surface area contributed by atoms with Crippen molar-refractivity contribution in [2.45, 2.75) is 51.3 Å². The average Bonchev–Trinajstić information content (AvgIpc) is 3.14. The van der Waals surface area contributed by atoms with Gasteiger partial charge in [-0.05, 0) is 45.2 Å². The predicted octanol–water partition coefficient (Wildman–Crippen LogP) is 1.75. The Morgan fingerprint density at radius 2 is 2.30 bits per heavy atom. The number of hydrogen-bond donors (Lipinski definition) is 0. The number of carbonyl (C=O) groups is 1. The Morgan fingerprint density at radius 1 is 1.43 bits per heavy atom. The van der Waals surface area contributed by atoms with Gasteiger partial charge in [0.15, 0.2) is 5.69 Å². The van der Waals surface area contributed by atoms with E-state index >= 15 is 0 Å². The molecule has 1 aromatic rings. The summed E-state index contributed by atoms with van der Waals surface area (Å²) in [6.45, 7) is 4.50. The van der Waals surface area contributed by atoms with Gasteiger partial charge in [0.1, 0.15) is 0 Å². The van der Waals surface area contributed by atoms with Crippen molar-refractivity contribution in [3.63, 3.8) is 0 Å². The van der Waals surface area contributed by atoms with Gasteiger partial charge in [-0.3, -0.25) is 9.48 Å². The first kappa shape index (κ1) is 16.5. The number of hydrogen-bond acceptors (Lipinski definition) is 4. The van der Waals surface area contributed by atoms with Crippen LogP contribution in [0.15, 0.2) is 6.07 Å². The Bertz CT molecular complexity index is 537. The molecule has 0 saturated carbocycles. The molecule has 0 bridgehead atoms. The Kier molecular flexibility index (Phi) is 5.33. The van der Waals surface area contributed by atoms with Crippen molar-refractivity contribution in [3.8, 4) is 0 Å². The van der Waals surface area contributed by atoms with Gasteiger partial charge in [-0.25, -0.2) is 0 Å². The molecule has 0 spiro atoms. The monoisotopic (exact) mass is 320 g/mol. The Labute approximate surface area is 138 Å². The molecule has 6 heteroatoms. The minimum atomic E-state index is 0.0283. The lowest BCUT2D eigenvalue weighted by atomic mass is 10.1. The second-order valence-electron chi connectivity index (χ2n) is 6.84. The first-order chi connectivity index (χ1) is 11.1. The maximum atomic E-state index is 12.6. The van der Waals surface area contributed by atoms with Crippen molar-refractivity contribution >= 4 is 5.91 Å². The van der Waals surface area contributed by atoms with Crippen LogP contribution in [0, 0.1) is 0 Å². The quantitative estimate of drug-likeness (QED) is 0.829.